The van der Waals surface area contributed by atoms with Crippen LogP contribution in [0.3, 0.4) is 0 Å². The SMILES string of the molecule is C=CC(=O)CCCOC(=O)c1ccc(O)cc1O. The van der Waals surface area contributed by atoms with Gasteiger partial charge in [0.1, 0.15) is 17.1 Å². The van der Waals surface area contributed by atoms with E-state index in [0.29, 0.717) is 6.42 Å². The molecule has 0 amide bonds. The molecule has 96 valence electrons. The van der Waals surface area contributed by atoms with Crippen molar-refractivity contribution >= 4 is 11.8 Å². The van der Waals surface area contributed by atoms with Crippen LogP contribution in [-0.2, 0) is 9.53 Å². The highest BCUT2D eigenvalue weighted by molar-refractivity contribution is 5.92. The smallest absolute Gasteiger partial charge is 0.341 e. The van der Waals surface area contributed by atoms with Crippen LogP contribution in [-0.4, -0.2) is 28.6 Å². The second-order valence-corrected chi connectivity index (χ2v) is 3.61. The van der Waals surface area contributed by atoms with Crippen LogP contribution < -0.4 is 0 Å². The van der Waals surface area contributed by atoms with Gasteiger partial charge in [0.15, 0.2) is 5.78 Å². The van der Waals surface area contributed by atoms with Gasteiger partial charge in [-0.3, -0.25) is 4.79 Å². The molecule has 0 bridgehead atoms. The summed E-state index contributed by atoms with van der Waals surface area (Å²) in [7, 11) is 0. The summed E-state index contributed by atoms with van der Waals surface area (Å²) in [5.41, 5.74) is -0.0251. The summed E-state index contributed by atoms with van der Waals surface area (Å²) < 4.78 is 4.88. The largest absolute Gasteiger partial charge is 0.508 e. The Morgan fingerprint density at radius 1 is 1.33 bits per heavy atom. The number of hydrogen-bond donors (Lipinski definition) is 2. The zero-order chi connectivity index (χ0) is 13.5. The zero-order valence-electron chi connectivity index (χ0n) is 9.76. The van der Waals surface area contributed by atoms with Crippen LogP contribution in [0.25, 0.3) is 0 Å². The monoisotopic (exact) mass is 250 g/mol. The number of allylic oxidation sites excluding steroid dienone is 1. The Morgan fingerprint density at radius 3 is 2.67 bits per heavy atom. The fourth-order valence-electron chi connectivity index (χ4n) is 1.28. The van der Waals surface area contributed by atoms with E-state index in [4.69, 9.17) is 9.84 Å². The van der Waals surface area contributed by atoms with Crippen molar-refractivity contribution in [3.8, 4) is 11.5 Å². The van der Waals surface area contributed by atoms with Crippen LogP contribution in [0.4, 0.5) is 0 Å². The fraction of sp³-hybridized carbons (Fsp3) is 0.231. The molecule has 0 fully saturated rings. The molecular weight excluding hydrogens is 236 g/mol. The zero-order valence-corrected chi connectivity index (χ0v) is 9.76. The number of benzene rings is 1. The Balaban J connectivity index is 2.46. The number of phenolic OH excluding ortho intramolecular Hbond substituents is 2. The molecule has 0 aromatic heterocycles. The molecular formula is C13H14O5. The van der Waals surface area contributed by atoms with Gasteiger partial charge in [-0.2, -0.15) is 0 Å². The van der Waals surface area contributed by atoms with Crippen LogP contribution in [0, 0.1) is 0 Å². The van der Waals surface area contributed by atoms with Gasteiger partial charge in [-0.1, -0.05) is 6.58 Å². The van der Waals surface area contributed by atoms with E-state index < -0.39 is 5.97 Å². The Kier molecular flexibility index (Phi) is 4.92. The van der Waals surface area contributed by atoms with E-state index in [1.807, 2.05) is 0 Å². The number of esters is 1. The molecule has 0 atom stereocenters. The van der Waals surface area contributed by atoms with Gasteiger partial charge >= 0.3 is 5.97 Å². The summed E-state index contributed by atoms with van der Waals surface area (Å²) in [5, 5.41) is 18.5. The summed E-state index contributed by atoms with van der Waals surface area (Å²) in [4.78, 5) is 22.4. The van der Waals surface area contributed by atoms with Crippen LogP contribution in [0.15, 0.2) is 30.9 Å². The third-order valence-electron chi connectivity index (χ3n) is 2.23. The van der Waals surface area contributed by atoms with Crippen molar-refractivity contribution < 1.29 is 24.5 Å². The van der Waals surface area contributed by atoms with Gasteiger partial charge in [-0.25, -0.2) is 4.79 Å². The van der Waals surface area contributed by atoms with Crippen molar-refractivity contribution in [3.05, 3.63) is 36.4 Å². The van der Waals surface area contributed by atoms with Crippen molar-refractivity contribution in [2.45, 2.75) is 12.8 Å². The molecule has 0 radical (unpaired) electrons. The molecule has 0 aliphatic heterocycles. The third-order valence-corrected chi connectivity index (χ3v) is 2.23. The predicted molar refractivity (Wildman–Crippen MR) is 64.5 cm³/mol. The van der Waals surface area contributed by atoms with E-state index in [0.717, 1.165) is 6.07 Å². The minimum Gasteiger partial charge on any atom is -0.508 e. The predicted octanol–water partition coefficient (Wildman–Crippen LogP) is 1.79. The summed E-state index contributed by atoms with van der Waals surface area (Å²) in [6, 6.07) is 3.59. The second-order valence-electron chi connectivity index (χ2n) is 3.61. The topological polar surface area (TPSA) is 83.8 Å². The molecule has 0 aliphatic rings. The van der Waals surface area contributed by atoms with Crippen molar-refractivity contribution in [2.75, 3.05) is 6.61 Å². The lowest BCUT2D eigenvalue weighted by molar-refractivity contribution is -0.114. The van der Waals surface area contributed by atoms with Crippen LogP contribution in [0.1, 0.15) is 23.2 Å². The lowest BCUT2D eigenvalue weighted by atomic mass is 10.2. The molecule has 2 N–H and O–H groups in total. The minimum absolute atomic E-state index is 0.0251. The number of carbonyl (C=O) groups excluding carboxylic acids is 2. The highest BCUT2D eigenvalue weighted by atomic mass is 16.5. The highest BCUT2D eigenvalue weighted by Gasteiger charge is 2.12. The highest BCUT2D eigenvalue weighted by Crippen LogP contribution is 2.23. The van der Waals surface area contributed by atoms with Gasteiger partial charge in [-0.05, 0) is 24.6 Å². The van der Waals surface area contributed by atoms with Gasteiger partial charge in [0, 0.05) is 12.5 Å². The van der Waals surface area contributed by atoms with Gasteiger partial charge in [0.2, 0.25) is 0 Å². The first-order valence-electron chi connectivity index (χ1n) is 5.39. The standard InChI is InChI=1S/C13H14O5/c1-2-9(14)4-3-7-18-13(17)11-6-5-10(15)8-12(11)16/h2,5-6,8,15-16H,1,3-4,7H2. The molecule has 1 aromatic carbocycles. The molecule has 0 saturated carbocycles. The molecule has 1 rings (SSSR count). The van der Waals surface area contributed by atoms with E-state index >= 15 is 0 Å². The van der Waals surface area contributed by atoms with Gasteiger partial charge in [0.25, 0.3) is 0 Å². The molecule has 0 saturated heterocycles. The van der Waals surface area contributed by atoms with Gasteiger partial charge < -0.3 is 14.9 Å². The maximum Gasteiger partial charge on any atom is 0.341 e. The minimum atomic E-state index is -0.696. The Bertz CT molecular complexity index is 464. The Hall–Kier alpha value is -2.30. The average molecular weight is 250 g/mol. The van der Waals surface area contributed by atoms with Crippen molar-refractivity contribution in [2.24, 2.45) is 0 Å². The summed E-state index contributed by atoms with van der Waals surface area (Å²) in [6.07, 6.45) is 1.88. The van der Waals surface area contributed by atoms with Crippen molar-refractivity contribution in [3.63, 3.8) is 0 Å². The van der Waals surface area contributed by atoms with E-state index in [1.54, 1.807) is 0 Å². The van der Waals surface area contributed by atoms with Crippen LogP contribution in [0.5, 0.6) is 11.5 Å². The van der Waals surface area contributed by atoms with Crippen LogP contribution in [0.2, 0.25) is 0 Å². The first-order valence-corrected chi connectivity index (χ1v) is 5.39. The molecule has 0 aliphatic carbocycles. The molecule has 18 heavy (non-hydrogen) atoms. The maximum atomic E-state index is 11.5. The van der Waals surface area contributed by atoms with Crippen LogP contribution >= 0.6 is 0 Å². The Morgan fingerprint density at radius 2 is 2.06 bits per heavy atom. The number of rotatable bonds is 6. The van der Waals surface area contributed by atoms with E-state index in [2.05, 4.69) is 6.58 Å². The lowest BCUT2D eigenvalue weighted by Crippen LogP contribution is -2.07. The molecule has 5 heteroatoms. The normalized spacial score (nSPS) is 9.78. The number of ketones is 1. The molecule has 5 nitrogen and oxygen atoms in total. The number of carbonyl (C=O) groups is 2. The third kappa shape index (κ3) is 3.93. The first kappa shape index (κ1) is 13.8. The quantitative estimate of drug-likeness (QED) is 0.457. The summed E-state index contributed by atoms with van der Waals surface area (Å²) in [5.74, 6) is -1.29. The summed E-state index contributed by atoms with van der Waals surface area (Å²) >= 11 is 0. The number of ether oxygens (including phenoxy) is 1. The lowest BCUT2D eigenvalue weighted by Gasteiger charge is -2.06. The van der Waals surface area contributed by atoms with Gasteiger partial charge in [0.05, 0.1) is 6.61 Å². The first-order chi connectivity index (χ1) is 8.54. The van der Waals surface area contributed by atoms with Crippen molar-refractivity contribution in [1.82, 2.24) is 0 Å². The van der Waals surface area contributed by atoms with Gasteiger partial charge in [-0.15, -0.1) is 0 Å². The van der Waals surface area contributed by atoms with E-state index in [1.165, 1.54) is 18.2 Å². The van der Waals surface area contributed by atoms with E-state index in [-0.39, 0.29) is 35.9 Å². The fourth-order valence-corrected chi connectivity index (χ4v) is 1.28. The second kappa shape index (κ2) is 6.44. The summed E-state index contributed by atoms with van der Waals surface area (Å²) in [6.45, 7) is 3.41. The number of aromatic hydroxyl groups is 2. The van der Waals surface area contributed by atoms with E-state index in [9.17, 15) is 14.7 Å². The van der Waals surface area contributed by atoms with Crippen molar-refractivity contribution in [1.29, 1.82) is 0 Å². The Labute approximate surface area is 104 Å². The molecule has 0 unspecified atom stereocenters. The average Bonchev–Trinajstić information content (AvgIpc) is 2.34. The molecule has 0 heterocycles. The molecule has 0 spiro atoms. The number of phenols is 2. The maximum absolute atomic E-state index is 11.5. The number of hydrogen-bond acceptors (Lipinski definition) is 5. The molecule has 1 aromatic rings.